The molecule has 0 radical (unpaired) electrons. The van der Waals surface area contributed by atoms with Gasteiger partial charge in [0.1, 0.15) is 11.5 Å². The second-order valence-corrected chi connectivity index (χ2v) is 9.74. The van der Waals surface area contributed by atoms with Crippen LogP contribution in [0, 0.1) is 0 Å². The lowest BCUT2D eigenvalue weighted by Gasteiger charge is -2.19. The van der Waals surface area contributed by atoms with E-state index in [9.17, 15) is 19.5 Å². The van der Waals surface area contributed by atoms with E-state index in [1.54, 1.807) is 24.3 Å². The number of hydrogen-bond donors (Lipinski definition) is 5. The van der Waals surface area contributed by atoms with Gasteiger partial charge in [-0.2, -0.15) is 0 Å². The van der Waals surface area contributed by atoms with Crippen LogP contribution in [0.2, 0.25) is 0 Å². The average molecular weight is 555 g/mol. The summed E-state index contributed by atoms with van der Waals surface area (Å²) < 4.78 is 6.37. The summed E-state index contributed by atoms with van der Waals surface area (Å²) in [6.45, 7) is 0.835. The third-order valence-corrected chi connectivity index (χ3v) is 6.60. The van der Waals surface area contributed by atoms with E-state index in [0.717, 1.165) is 27.5 Å². The number of fused-ring (bicyclic) bond motifs is 1. The van der Waals surface area contributed by atoms with Crippen molar-refractivity contribution >= 4 is 28.6 Å². The molecule has 9 nitrogen and oxygen atoms in total. The van der Waals surface area contributed by atoms with Crippen molar-refractivity contribution in [1.82, 2.24) is 10.6 Å². The predicted molar refractivity (Wildman–Crippen MR) is 158 cm³/mol. The highest BCUT2D eigenvalue weighted by molar-refractivity contribution is 6.00. The number of imide groups is 1. The number of rotatable bonds is 12. The van der Waals surface area contributed by atoms with E-state index in [4.69, 9.17) is 16.2 Å². The van der Waals surface area contributed by atoms with Crippen LogP contribution in [0.3, 0.4) is 0 Å². The van der Waals surface area contributed by atoms with Crippen LogP contribution in [0.1, 0.15) is 24.0 Å². The molecule has 0 spiro atoms. The minimum atomic E-state index is -0.901. The molecule has 0 bridgehead atoms. The summed E-state index contributed by atoms with van der Waals surface area (Å²) >= 11 is 0. The first kappa shape index (κ1) is 29.1. The number of phenols is 1. The SMILES string of the molecule is NC(=O)NC(=O)Cc1cc2ccccc2c(OCCCCNC(=O)[C@@H](N)Cc2ccc(O)cc2)c1-c1ccccc1. The number of hydrogen-bond acceptors (Lipinski definition) is 6. The zero-order valence-corrected chi connectivity index (χ0v) is 22.6. The van der Waals surface area contributed by atoms with E-state index in [2.05, 4.69) is 10.6 Å². The first-order valence-corrected chi connectivity index (χ1v) is 13.4. The Morgan fingerprint density at radius 1 is 0.902 bits per heavy atom. The Hall–Kier alpha value is -4.89. The minimum absolute atomic E-state index is 0.0508. The Labute approximate surface area is 238 Å². The maximum atomic E-state index is 12.5. The van der Waals surface area contributed by atoms with Crippen molar-refractivity contribution in [2.24, 2.45) is 11.5 Å². The molecule has 0 heterocycles. The van der Waals surface area contributed by atoms with Crippen LogP contribution in [-0.4, -0.2) is 42.1 Å². The van der Waals surface area contributed by atoms with E-state index in [0.29, 0.717) is 43.7 Å². The number of carbonyl (C=O) groups excluding carboxylic acids is 3. The molecule has 0 aliphatic carbocycles. The van der Waals surface area contributed by atoms with Crippen molar-refractivity contribution in [3.63, 3.8) is 0 Å². The van der Waals surface area contributed by atoms with Crippen molar-refractivity contribution in [3.05, 3.63) is 96.1 Å². The molecule has 4 amide bonds. The van der Waals surface area contributed by atoms with E-state index < -0.39 is 18.0 Å². The minimum Gasteiger partial charge on any atom is -0.508 e. The van der Waals surface area contributed by atoms with Crippen molar-refractivity contribution in [2.75, 3.05) is 13.2 Å². The molecule has 0 saturated carbocycles. The van der Waals surface area contributed by atoms with Crippen LogP contribution in [0.15, 0.2) is 84.9 Å². The second kappa shape index (κ2) is 14.0. The molecule has 9 heteroatoms. The second-order valence-electron chi connectivity index (χ2n) is 9.74. The van der Waals surface area contributed by atoms with Gasteiger partial charge >= 0.3 is 6.03 Å². The van der Waals surface area contributed by atoms with Gasteiger partial charge in [0.2, 0.25) is 11.8 Å². The number of phenolic OH excluding ortho intramolecular Hbond substituents is 1. The zero-order valence-electron chi connectivity index (χ0n) is 22.6. The quantitative estimate of drug-likeness (QED) is 0.168. The van der Waals surface area contributed by atoms with Gasteiger partial charge in [0.25, 0.3) is 0 Å². The third kappa shape index (κ3) is 8.06. The van der Waals surface area contributed by atoms with Crippen LogP contribution in [0.4, 0.5) is 4.79 Å². The molecule has 4 aromatic carbocycles. The van der Waals surface area contributed by atoms with Crippen LogP contribution in [-0.2, 0) is 22.4 Å². The first-order chi connectivity index (χ1) is 19.8. The highest BCUT2D eigenvalue weighted by Crippen LogP contribution is 2.40. The number of urea groups is 1. The zero-order chi connectivity index (χ0) is 29.2. The van der Waals surface area contributed by atoms with Crippen LogP contribution in [0.5, 0.6) is 11.5 Å². The molecule has 0 unspecified atom stereocenters. The summed E-state index contributed by atoms with van der Waals surface area (Å²) in [6.07, 6.45) is 1.67. The number of benzene rings is 4. The van der Waals surface area contributed by atoms with Gasteiger partial charge in [-0.1, -0.05) is 66.7 Å². The molecule has 1 atom stereocenters. The largest absolute Gasteiger partial charge is 0.508 e. The summed E-state index contributed by atoms with van der Waals surface area (Å²) in [5.74, 6) is 0.0721. The lowest BCUT2D eigenvalue weighted by atomic mass is 9.92. The van der Waals surface area contributed by atoms with Crippen molar-refractivity contribution in [1.29, 1.82) is 0 Å². The number of nitrogens with two attached hydrogens (primary N) is 2. The standard InChI is InChI=1S/C32H34N4O5/c33-27(18-21-12-14-25(37)15-13-21)31(39)35-16-6-7-17-41-30-26-11-5-4-10-23(26)19-24(20-28(38)36-32(34)40)29(30)22-8-2-1-3-9-22/h1-5,8-15,19,27,37H,6-7,16-18,20,33H2,(H,35,39)(H3,34,36,38,40)/t27-/m0/s1. The summed E-state index contributed by atoms with van der Waals surface area (Å²) in [6, 6.07) is 24.4. The molecule has 4 rings (SSSR count). The molecule has 212 valence electrons. The highest BCUT2D eigenvalue weighted by Gasteiger charge is 2.19. The number of amides is 4. The monoisotopic (exact) mass is 554 g/mol. The Kier molecular flexibility index (Phi) is 9.90. The maximum Gasteiger partial charge on any atom is 0.318 e. The van der Waals surface area contributed by atoms with E-state index in [1.165, 1.54) is 0 Å². The number of primary amides is 1. The third-order valence-electron chi connectivity index (χ3n) is 6.60. The van der Waals surface area contributed by atoms with E-state index in [-0.39, 0.29) is 18.1 Å². The molecule has 0 aliphatic rings. The summed E-state index contributed by atoms with van der Waals surface area (Å²) in [5.41, 5.74) is 14.4. The molecule has 0 aromatic heterocycles. The Bertz CT molecular complexity index is 1510. The van der Waals surface area contributed by atoms with Gasteiger partial charge in [-0.3, -0.25) is 14.9 Å². The van der Waals surface area contributed by atoms with Gasteiger partial charge in [0.15, 0.2) is 0 Å². The molecular weight excluding hydrogens is 520 g/mol. The van der Waals surface area contributed by atoms with E-state index in [1.807, 2.05) is 60.7 Å². The summed E-state index contributed by atoms with van der Waals surface area (Å²) in [5, 5.41) is 16.2. The topological polar surface area (TPSA) is 157 Å². The fourth-order valence-electron chi connectivity index (χ4n) is 4.66. The number of aromatic hydroxyl groups is 1. The lowest BCUT2D eigenvalue weighted by Crippen LogP contribution is -2.42. The van der Waals surface area contributed by atoms with Gasteiger partial charge in [0, 0.05) is 17.5 Å². The number of carbonyl (C=O) groups is 3. The van der Waals surface area contributed by atoms with Crippen LogP contribution < -0.4 is 26.8 Å². The first-order valence-electron chi connectivity index (χ1n) is 13.4. The van der Waals surface area contributed by atoms with Crippen molar-refractivity contribution in [2.45, 2.75) is 31.7 Å². The molecule has 41 heavy (non-hydrogen) atoms. The molecule has 0 fully saturated rings. The normalized spacial score (nSPS) is 11.5. The number of ether oxygens (including phenoxy) is 1. The van der Waals surface area contributed by atoms with Crippen molar-refractivity contribution < 1.29 is 24.2 Å². The Balaban J connectivity index is 1.43. The van der Waals surface area contributed by atoms with Gasteiger partial charge < -0.3 is 26.6 Å². The molecule has 7 N–H and O–H groups in total. The smallest absolute Gasteiger partial charge is 0.318 e. The summed E-state index contributed by atoms with van der Waals surface area (Å²) in [7, 11) is 0. The Morgan fingerprint density at radius 2 is 1.61 bits per heavy atom. The fraction of sp³-hybridized carbons (Fsp3) is 0.219. The van der Waals surface area contributed by atoms with E-state index >= 15 is 0 Å². The van der Waals surface area contributed by atoms with Gasteiger partial charge in [-0.25, -0.2) is 4.79 Å². The number of nitrogens with one attached hydrogen (secondary N) is 2. The van der Waals surface area contributed by atoms with Crippen molar-refractivity contribution in [3.8, 4) is 22.6 Å². The molecule has 0 saturated heterocycles. The molecule has 0 aliphatic heterocycles. The fourth-order valence-corrected chi connectivity index (χ4v) is 4.66. The van der Waals surface area contributed by atoms with Gasteiger partial charge in [0.05, 0.1) is 19.1 Å². The predicted octanol–water partition coefficient (Wildman–Crippen LogP) is 3.80. The maximum absolute atomic E-state index is 12.5. The van der Waals surface area contributed by atoms with Gasteiger partial charge in [-0.15, -0.1) is 0 Å². The average Bonchev–Trinajstić information content (AvgIpc) is 2.95. The van der Waals surface area contributed by atoms with Crippen LogP contribution in [0.25, 0.3) is 21.9 Å². The number of unbranched alkanes of at least 4 members (excludes halogenated alkanes) is 1. The Morgan fingerprint density at radius 3 is 2.34 bits per heavy atom. The highest BCUT2D eigenvalue weighted by atomic mass is 16.5. The van der Waals surface area contributed by atoms with Gasteiger partial charge in [-0.05, 0) is 59.5 Å². The lowest BCUT2D eigenvalue weighted by molar-refractivity contribution is -0.122. The summed E-state index contributed by atoms with van der Waals surface area (Å²) in [4.78, 5) is 36.2. The molecular formula is C32H34N4O5. The molecule has 4 aromatic rings. The van der Waals surface area contributed by atoms with Crippen LogP contribution >= 0.6 is 0 Å².